The standard InChI is InChI=1S/C22H21F3N4O/c1-28-10-12-29(13-11-28)19-8-7-16(14-17(19)22(23,24)25)21(30)27-18-6-2-4-15-5-3-9-26-20(15)18/h2-9,14H,10-13H2,1H3,(H,27,30). The van der Waals surface area contributed by atoms with E-state index >= 15 is 0 Å². The van der Waals surface area contributed by atoms with Gasteiger partial charge in [0.2, 0.25) is 0 Å². The molecular weight excluding hydrogens is 393 g/mol. The summed E-state index contributed by atoms with van der Waals surface area (Å²) in [5.41, 5.74) is 0.302. The minimum Gasteiger partial charge on any atom is -0.368 e. The summed E-state index contributed by atoms with van der Waals surface area (Å²) in [6, 6.07) is 12.7. The molecule has 0 atom stereocenters. The Bertz CT molecular complexity index is 1070. The van der Waals surface area contributed by atoms with Gasteiger partial charge in [-0.25, -0.2) is 0 Å². The van der Waals surface area contributed by atoms with Crippen molar-refractivity contribution in [2.75, 3.05) is 43.4 Å². The van der Waals surface area contributed by atoms with E-state index in [1.54, 1.807) is 29.3 Å². The summed E-state index contributed by atoms with van der Waals surface area (Å²) in [6.45, 7) is 2.39. The summed E-state index contributed by atoms with van der Waals surface area (Å²) in [5, 5.41) is 3.53. The highest BCUT2D eigenvalue weighted by molar-refractivity contribution is 6.08. The van der Waals surface area contributed by atoms with E-state index in [1.165, 1.54) is 12.1 Å². The van der Waals surface area contributed by atoms with Gasteiger partial charge in [0.15, 0.2) is 0 Å². The molecular formula is C22H21F3N4O. The Labute approximate surface area is 172 Å². The number of hydrogen-bond donors (Lipinski definition) is 1. The van der Waals surface area contributed by atoms with Gasteiger partial charge in [-0.15, -0.1) is 0 Å². The molecule has 2 heterocycles. The maximum absolute atomic E-state index is 13.8. The third-order valence-corrected chi connectivity index (χ3v) is 5.29. The lowest BCUT2D eigenvalue weighted by atomic mass is 10.1. The highest BCUT2D eigenvalue weighted by atomic mass is 19.4. The topological polar surface area (TPSA) is 48.5 Å². The first-order valence-corrected chi connectivity index (χ1v) is 9.63. The molecule has 1 aromatic heterocycles. The van der Waals surface area contributed by atoms with E-state index in [-0.39, 0.29) is 11.3 Å². The van der Waals surface area contributed by atoms with Crippen molar-refractivity contribution in [1.29, 1.82) is 0 Å². The smallest absolute Gasteiger partial charge is 0.368 e. The molecule has 2 aromatic carbocycles. The molecule has 0 unspecified atom stereocenters. The zero-order valence-corrected chi connectivity index (χ0v) is 16.4. The number of pyridine rings is 1. The van der Waals surface area contributed by atoms with Crippen LogP contribution in [0.15, 0.2) is 54.7 Å². The van der Waals surface area contributed by atoms with Gasteiger partial charge in [0.25, 0.3) is 5.91 Å². The van der Waals surface area contributed by atoms with Gasteiger partial charge in [0.05, 0.1) is 16.8 Å². The Kier molecular flexibility index (Phi) is 5.34. The summed E-state index contributed by atoms with van der Waals surface area (Å²) in [6.07, 6.45) is -2.96. The van der Waals surface area contributed by atoms with Crippen LogP contribution in [0.1, 0.15) is 15.9 Å². The molecule has 1 N–H and O–H groups in total. The minimum absolute atomic E-state index is 0.0480. The fourth-order valence-corrected chi connectivity index (χ4v) is 3.63. The van der Waals surface area contributed by atoms with E-state index in [9.17, 15) is 18.0 Å². The maximum atomic E-state index is 13.8. The van der Waals surface area contributed by atoms with Crippen molar-refractivity contribution in [2.45, 2.75) is 6.18 Å². The highest BCUT2D eigenvalue weighted by Gasteiger charge is 2.36. The monoisotopic (exact) mass is 414 g/mol. The SMILES string of the molecule is CN1CCN(c2ccc(C(=O)Nc3cccc4cccnc34)cc2C(F)(F)F)CC1. The Morgan fingerprint density at radius 2 is 1.77 bits per heavy atom. The second kappa shape index (κ2) is 7.95. The van der Waals surface area contributed by atoms with E-state index in [4.69, 9.17) is 0 Å². The lowest BCUT2D eigenvalue weighted by molar-refractivity contribution is -0.137. The number of nitrogens with zero attached hydrogens (tertiary/aromatic N) is 3. The Morgan fingerprint density at radius 1 is 1.03 bits per heavy atom. The van der Waals surface area contributed by atoms with Crippen molar-refractivity contribution < 1.29 is 18.0 Å². The number of rotatable bonds is 3. The van der Waals surface area contributed by atoms with Crippen molar-refractivity contribution in [3.63, 3.8) is 0 Å². The number of carbonyl (C=O) groups is 1. The second-order valence-corrected chi connectivity index (χ2v) is 7.35. The zero-order valence-electron chi connectivity index (χ0n) is 16.4. The summed E-state index contributed by atoms with van der Waals surface area (Å²) in [5.74, 6) is -0.608. The van der Waals surface area contributed by atoms with Crippen LogP contribution in [0.3, 0.4) is 0 Å². The first kappa shape index (κ1) is 20.2. The lowest BCUT2D eigenvalue weighted by Crippen LogP contribution is -2.45. The van der Waals surface area contributed by atoms with Crippen molar-refractivity contribution in [2.24, 2.45) is 0 Å². The highest BCUT2D eigenvalue weighted by Crippen LogP contribution is 2.38. The third kappa shape index (κ3) is 4.09. The molecule has 0 spiro atoms. The average molecular weight is 414 g/mol. The molecule has 0 bridgehead atoms. The van der Waals surface area contributed by atoms with Gasteiger partial charge in [-0.2, -0.15) is 13.2 Å². The number of carbonyl (C=O) groups excluding carboxylic acids is 1. The van der Waals surface area contributed by atoms with Crippen LogP contribution in [0.2, 0.25) is 0 Å². The summed E-state index contributed by atoms with van der Waals surface area (Å²) < 4.78 is 41.3. The number of alkyl halides is 3. The quantitative estimate of drug-likeness (QED) is 0.696. The molecule has 1 amide bonds. The summed E-state index contributed by atoms with van der Waals surface area (Å²) >= 11 is 0. The van der Waals surface area contributed by atoms with Gasteiger partial charge in [-0.1, -0.05) is 18.2 Å². The molecule has 156 valence electrons. The second-order valence-electron chi connectivity index (χ2n) is 7.35. The normalized spacial score (nSPS) is 15.4. The van der Waals surface area contributed by atoms with Gasteiger partial charge in [0.1, 0.15) is 0 Å². The van der Waals surface area contributed by atoms with Gasteiger partial charge < -0.3 is 15.1 Å². The number of fused-ring (bicyclic) bond motifs is 1. The number of halogens is 3. The first-order valence-electron chi connectivity index (χ1n) is 9.63. The maximum Gasteiger partial charge on any atom is 0.418 e. The Balaban J connectivity index is 1.64. The molecule has 1 saturated heterocycles. The molecule has 3 aromatic rings. The molecule has 0 saturated carbocycles. The van der Waals surface area contributed by atoms with Crippen LogP contribution >= 0.6 is 0 Å². The molecule has 4 rings (SSSR count). The van der Waals surface area contributed by atoms with Crippen molar-refractivity contribution in [3.05, 3.63) is 65.9 Å². The molecule has 8 heteroatoms. The Morgan fingerprint density at radius 3 is 2.50 bits per heavy atom. The number of hydrogen-bond acceptors (Lipinski definition) is 4. The number of piperazine rings is 1. The van der Waals surface area contributed by atoms with Gasteiger partial charge in [-0.3, -0.25) is 9.78 Å². The van der Waals surface area contributed by atoms with Crippen LogP contribution in [0.5, 0.6) is 0 Å². The number of benzene rings is 2. The number of likely N-dealkylation sites (N-methyl/N-ethyl adjacent to an activating group) is 1. The molecule has 1 aliphatic rings. The van der Waals surface area contributed by atoms with Crippen LogP contribution < -0.4 is 10.2 Å². The molecule has 30 heavy (non-hydrogen) atoms. The molecule has 5 nitrogen and oxygen atoms in total. The Hall–Kier alpha value is -3.13. The molecule has 1 fully saturated rings. The van der Waals surface area contributed by atoms with Crippen molar-refractivity contribution in [3.8, 4) is 0 Å². The number of para-hydroxylation sites is 1. The van der Waals surface area contributed by atoms with Gasteiger partial charge >= 0.3 is 6.18 Å². The fourth-order valence-electron chi connectivity index (χ4n) is 3.63. The molecule has 1 aliphatic heterocycles. The van der Waals surface area contributed by atoms with E-state index in [0.717, 1.165) is 11.5 Å². The van der Waals surface area contributed by atoms with E-state index in [0.29, 0.717) is 37.4 Å². The van der Waals surface area contributed by atoms with E-state index < -0.39 is 17.6 Å². The largest absolute Gasteiger partial charge is 0.418 e. The predicted molar refractivity (Wildman–Crippen MR) is 111 cm³/mol. The van der Waals surface area contributed by atoms with Crippen LogP contribution in [-0.4, -0.2) is 49.0 Å². The third-order valence-electron chi connectivity index (χ3n) is 5.29. The lowest BCUT2D eigenvalue weighted by Gasteiger charge is -2.35. The summed E-state index contributed by atoms with van der Waals surface area (Å²) in [7, 11) is 1.94. The number of amides is 1. The van der Waals surface area contributed by atoms with Crippen molar-refractivity contribution >= 4 is 28.2 Å². The van der Waals surface area contributed by atoms with Crippen LogP contribution in [0.4, 0.5) is 24.5 Å². The predicted octanol–water partition coefficient (Wildman–Crippen LogP) is 4.26. The van der Waals surface area contributed by atoms with Gasteiger partial charge in [0, 0.05) is 49.0 Å². The van der Waals surface area contributed by atoms with Gasteiger partial charge in [-0.05, 0) is 37.4 Å². The minimum atomic E-state index is -4.56. The number of aromatic nitrogens is 1. The number of anilines is 2. The molecule has 0 aliphatic carbocycles. The van der Waals surface area contributed by atoms with Crippen LogP contribution in [-0.2, 0) is 6.18 Å². The van der Waals surface area contributed by atoms with E-state index in [2.05, 4.69) is 15.2 Å². The van der Waals surface area contributed by atoms with Crippen LogP contribution in [0, 0.1) is 0 Å². The van der Waals surface area contributed by atoms with E-state index in [1.807, 2.05) is 19.2 Å². The van der Waals surface area contributed by atoms with Crippen LogP contribution in [0.25, 0.3) is 10.9 Å². The fraction of sp³-hybridized carbons (Fsp3) is 0.273. The summed E-state index contributed by atoms with van der Waals surface area (Å²) in [4.78, 5) is 20.8. The average Bonchev–Trinajstić information content (AvgIpc) is 2.73. The molecule has 0 radical (unpaired) electrons. The first-order chi connectivity index (χ1) is 14.3. The number of nitrogens with one attached hydrogen (secondary N) is 1. The zero-order chi connectivity index (χ0) is 21.3. The van der Waals surface area contributed by atoms with Crippen molar-refractivity contribution in [1.82, 2.24) is 9.88 Å².